The lowest BCUT2D eigenvalue weighted by Gasteiger charge is -2.29. The first kappa shape index (κ1) is 28.6. The number of hydrogen-bond donors (Lipinski definition) is 5. The number of nitrogens with one attached hydrogen (secondary N) is 1. The molecule has 0 saturated carbocycles. The Bertz CT molecular complexity index is 1490. The van der Waals surface area contributed by atoms with Crippen LogP contribution in [0.2, 0.25) is 0 Å². The average molecular weight is 571 g/mol. The molecule has 2 saturated heterocycles. The third-order valence-electron chi connectivity index (χ3n) is 6.04. The predicted molar refractivity (Wildman–Crippen MR) is 128 cm³/mol. The van der Waals surface area contributed by atoms with Gasteiger partial charge in [-0.15, -0.1) is 0 Å². The fourth-order valence-electron chi connectivity index (χ4n) is 4.25. The van der Waals surface area contributed by atoms with E-state index >= 15 is 0 Å². The Morgan fingerprint density at radius 3 is 2.54 bits per heavy atom. The average Bonchev–Trinajstić information content (AvgIpc) is 3.54. The van der Waals surface area contributed by atoms with Gasteiger partial charge in [0.15, 0.2) is 11.2 Å². The van der Waals surface area contributed by atoms with E-state index in [0.717, 1.165) is 10.9 Å². The number of aromatic nitrogens is 7. The van der Waals surface area contributed by atoms with Crippen molar-refractivity contribution >= 4 is 30.9 Å². The van der Waals surface area contributed by atoms with Gasteiger partial charge < -0.3 is 45.1 Å². The molecule has 0 spiro atoms. The molecular formula is C19H26N9O10P. The van der Waals surface area contributed by atoms with Gasteiger partial charge in [-0.3, -0.25) is 23.5 Å². The highest BCUT2D eigenvalue weighted by atomic mass is 31.2. The van der Waals surface area contributed by atoms with Crippen molar-refractivity contribution in [3.63, 3.8) is 0 Å². The number of imidazole rings is 1. The number of fused-ring (bicyclic) bond motifs is 1. The quantitative estimate of drug-likeness (QED) is 0.135. The second-order valence-corrected chi connectivity index (χ2v) is 9.91. The van der Waals surface area contributed by atoms with Crippen LogP contribution in [0, 0.1) is 7.43 Å². The Hall–Kier alpha value is -3.42. The molecule has 0 aliphatic carbocycles. The molecule has 2 fully saturated rings. The van der Waals surface area contributed by atoms with Gasteiger partial charge >= 0.3 is 5.69 Å². The molecule has 1 unspecified atom stereocenters. The second kappa shape index (κ2) is 11.0. The summed E-state index contributed by atoms with van der Waals surface area (Å²) >= 11 is 0. The summed E-state index contributed by atoms with van der Waals surface area (Å²) in [5.41, 5.74) is 9.76. The number of ether oxygens (including phenoxy) is 2. The number of anilines is 2. The number of phosphoric acid groups is 1. The number of rotatable bonds is 8. The van der Waals surface area contributed by atoms with E-state index in [-0.39, 0.29) is 43.3 Å². The summed E-state index contributed by atoms with van der Waals surface area (Å²) in [6.45, 7) is -1.22. The predicted octanol–water partition coefficient (Wildman–Crippen LogP) is -2.82. The number of phosphoric ester groups is 1. The van der Waals surface area contributed by atoms with Crippen LogP contribution in [0.1, 0.15) is 25.3 Å². The molecule has 2 aliphatic heterocycles. The number of nitrogen functional groups attached to an aromatic ring is 2. The molecule has 2 aliphatic rings. The first-order chi connectivity index (χ1) is 18.0. The zero-order valence-electron chi connectivity index (χ0n) is 20.4. The molecule has 0 bridgehead atoms. The second-order valence-electron chi connectivity index (χ2n) is 8.55. The van der Waals surface area contributed by atoms with Crippen LogP contribution in [0.15, 0.2) is 22.2 Å². The highest BCUT2D eigenvalue weighted by Gasteiger charge is 2.41. The standard InChI is InChI=1S/C18H24N9O10P.CH3/c19-16-22-6-27(18(31)25-16)12-2-8(9(3-28)35-12)37-38(32,33)34-4-10-7(29)1-11(36-10)26-5-21-13-14(26)23-17(20)24-15(13)30;/h5-12,28-29H,1-4H2,(H,32,33)(H2,19,25,31)(H3,20,23,24,30);1H3/q;+1/p-1/t7-,8-,9-,10-,11-,12-;/m1./s1. The lowest BCUT2D eigenvalue weighted by Crippen LogP contribution is -2.31. The van der Waals surface area contributed by atoms with E-state index in [1.165, 1.54) is 10.9 Å². The van der Waals surface area contributed by atoms with E-state index in [4.69, 9.17) is 30.0 Å². The summed E-state index contributed by atoms with van der Waals surface area (Å²) in [6, 6.07) is 0. The fourth-order valence-corrected chi connectivity index (χ4v) is 5.19. The van der Waals surface area contributed by atoms with E-state index in [2.05, 4.69) is 24.9 Å². The monoisotopic (exact) mass is 571 g/mol. The molecule has 212 valence electrons. The third-order valence-corrected chi connectivity index (χ3v) is 7.04. The van der Waals surface area contributed by atoms with Crippen LogP contribution in [-0.2, 0) is 23.1 Å². The van der Waals surface area contributed by atoms with Crippen molar-refractivity contribution in [3.05, 3.63) is 40.9 Å². The van der Waals surface area contributed by atoms with Gasteiger partial charge in [0.1, 0.15) is 31.0 Å². The molecule has 19 nitrogen and oxygen atoms in total. The van der Waals surface area contributed by atoms with Gasteiger partial charge in [-0.2, -0.15) is 9.97 Å². The van der Waals surface area contributed by atoms with Gasteiger partial charge in [-0.25, -0.2) is 14.8 Å². The fraction of sp³-hybridized carbons (Fsp3) is 0.526. The topological polar surface area (TPSA) is 281 Å². The summed E-state index contributed by atoms with van der Waals surface area (Å²) in [6.07, 6.45) is -4.16. The van der Waals surface area contributed by atoms with E-state index in [0.29, 0.717) is 0 Å². The van der Waals surface area contributed by atoms with Crippen molar-refractivity contribution in [3.8, 4) is 0 Å². The molecule has 3 aromatic rings. The number of hydrogen-bond acceptors (Lipinski definition) is 16. The minimum Gasteiger partial charge on any atom is -0.756 e. The van der Waals surface area contributed by atoms with Gasteiger partial charge in [0, 0.05) is 20.3 Å². The maximum absolute atomic E-state index is 12.5. The molecular weight excluding hydrogens is 545 g/mol. The maximum atomic E-state index is 12.5. The minimum absolute atomic E-state index is 0. The smallest absolute Gasteiger partial charge is 0.354 e. The number of nitrogens with two attached hydrogens (primary N) is 2. The van der Waals surface area contributed by atoms with E-state index in [1.807, 2.05) is 0 Å². The van der Waals surface area contributed by atoms with Gasteiger partial charge in [0.05, 0.1) is 31.7 Å². The molecule has 7 atom stereocenters. The number of aromatic amines is 1. The highest BCUT2D eigenvalue weighted by Crippen LogP contribution is 2.45. The minimum atomic E-state index is -5.01. The third kappa shape index (κ3) is 5.80. The van der Waals surface area contributed by atoms with Crippen LogP contribution in [0.5, 0.6) is 0 Å². The van der Waals surface area contributed by atoms with Crippen LogP contribution in [0.25, 0.3) is 11.2 Å². The van der Waals surface area contributed by atoms with Crippen LogP contribution >= 0.6 is 7.82 Å². The zero-order chi connectivity index (χ0) is 27.2. The summed E-state index contributed by atoms with van der Waals surface area (Å²) in [7, 11) is -5.01. The van der Waals surface area contributed by atoms with Crippen molar-refractivity contribution in [2.24, 2.45) is 0 Å². The molecule has 5 heterocycles. The highest BCUT2D eigenvalue weighted by molar-refractivity contribution is 7.45. The normalized spacial score (nSPS) is 28.4. The largest absolute Gasteiger partial charge is 0.756 e. The Morgan fingerprint density at radius 2 is 1.82 bits per heavy atom. The summed E-state index contributed by atoms with van der Waals surface area (Å²) in [5.74, 6) is -0.387. The lowest BCUT2D eigenvalue weighted by atomic mass is 10.2. The van der Waals surface area contributed by atoms with Crippen LogP contribution < -0.4 is 27.6 Å². The summed E-state index contributed by atoms with van der Waals surface area (Å²) in [5, 5.41) is 20.0. The SMILES string of the molecule is Nc1ncn([C@H]2C[C@@H](OP(=O)([O-])OC[C@H]3O[C@@H](n4cnc5c(=O)[nH]c(N)nc54)C[C@H]3O)[C@@H](CO)O2)c(=O)n1.[CH3+]. The summed E-state index contributed by atoms with van der Waals surface area (Å²) in [4.78, 5) is 54.1. The molecule has 7 N–H and O–H groups in total. The molecule has 5 rings (SSSR count). The molecule has 3 aromatic heterocycles. The first-order valence-electron chi connectivity index (χ1n) is 11.2. The van der Waals surface area contributed by atoms with Gasteiger partial charge in [0.25, 0.3) is 13.4 Å². The zero-order valence-corrected chi connectivity index (χ0v) is 21.3. The van der Waals surface area contributed by atoms with E-state index in [1.54, 1.807) is 0 Å². The van der Waals surface area contributed by atoms with E-state index < -0.39 is 69.2 Å². The van der Waals surface area contributed by atoms with Crippen molar-refractivity contribution in [2.75, 3.05) is 24.7 Å². The lowest BCUT2D eigenvalue weighted by molar-refractivity contribution is -0.234. The maximum Gasteiger partial charge on any atom is 0.354 e. The van der Waals surface area contributed by atoms with E-state index in [9.17, 15) is 29.3 Å². The van der Waals surface area contributed by atoms with Crippen molar-refractivity contribution < 1.29 is 38.2 Å². The Kier molecular flexibility index (Phi) is 8.05. The van der Waals surface area contributed by atoms with Crippen LogP contribution in [0.3, 0.4) is 0 Å². The molecule has 0 aromatic carbocycles. The Morgan fingerprint density at radius 1 is 1.13 bits per heavy atom. The van der Waals surface area contributed by atoms with Gasteiger partial charge in [-0.05, 0) is 0 Å². The Balaban J connectivity index is 0.00000353. The first-order valence-corrected chi connectivity index (χ1v) is 12.7. The molecule has 39 heavy (non-hydrogen) atoms. The molecule has 0 amide bonds. The molecule has 20 heteroatoms. The van der Waals surface area contributed by atoms with Crippen LogP contribution in [-0.4, -0.2) is 81.9 Å². The number of aliphatic hydroxyl groups excluding tert-OH is 2. The number of aliphatic hydroxyl groups is 2. The van der Waals surface area contributed by atoms with Crippen molar-refractivity contribution in [2.45, 2.75) is 49.7 Å². The van der Waals surface area contributed by atoms with Gasteiger partial charge in [0.2, 0.25) is 11.9 Å². The number of nitrogens with zero attached hydrogens (tertiary/aromatic N) is 6. The number of H-pyrrole nitrogens is 1. The summed E-state index contributed by atoms with van der Waals surface area (Å²) < 4.78 is 36.2. The van der Waals surface area contributed by atoms with Crippen molar-refractivity contribution in [1.82, 2.24) is 34.1 Å². The van der Waals surface area contributed by atoms with Gasteiger partial charge in [-0.1, -0.05) is 0 Å². The Labute approximate surface area is 219 Å². The molecule has 0 radical (unpaired) electrons. The van der Waals surface area contributed by atoms with Crippen LogP contribution in [0.4, 0.5) is 11.9 Å². The van der Waals surface area contributed by atoms with Crippen molar-refractivity contribution in [1.29, 1.82) is 0 Å².